The van der Waals surface area contributed by atoms with Crippen LogP contribution in [0.5, 0.6) is 0 Å². The maximum absolute atomic E-state index is 11.6. The molecule has 1 aromatic carbocycles. The molecule has 0 aromatic heterocycles. The van der Waals surface area contributed by atoms with Gasteiger partial charge in [-0.1, -0.05) is 95.0 Å². The van der Waals surface area contributed by atoms with Gasteiger partial charge in [0.25, 0.3) is 0 Å². The summed E-state index contributed by atoms with van der Waals surface area (Å²) in [5.74, 6) is -0.246. The Hall–Kier alpha value is -1.57. The van der Waals surface area contributed by atoms with Gasteiger partial charge in [-0.05, 0) is 18.1 Å². The number of benzene rings is 1. The molecule has 23 heavy (non-hydrogen) atoms. The van der Waals surface area contributed by atoms with Gasteiger partial charge in [0.05, 0.1) is 6.61 Å². The van der Waals surface area contributed by atoms with E-state index in [4.69, 9.17) is 4.74 Å². The molecule has 0 fully saturated rings. The fourth-order valence-electron chi connectivity index (χ4n) is 2.54. The van der Waals surface area contributed by atoms with Gasteiger partial charge < -0.3 is 4.74 Å². The summed E-state index contributed by atoms with van der Waals surface area (Å²) in [5, 5.41) is 0. The Balaban J connectivity index is 1.91. The van der Waals surface area contributed by atoms with Crippen molar-refractivity contribution in [1.82, 2.24) is 0 Å². The van der Waals surface area contributed by atoms with E-state index in [-0.39, 0.29) is 5.97 Å². The Morgan fingerprint density at radius 3 is 2.04 bits per heavy atom. The summed E-state index contributed by atoms with van der Waals surface area (Å²) in [6, 6.07) is 9.79. The van der Waals surface area contributed by atoms with Crippen molar-refractivity contribution >= 4 is 12.0 Å². The smallest absolute Gasteiger partial charge is 0.330 e. The second-order valence-electron chi connectivity index (χ2n) is 6.09. The van der Waals surface area contributed by atoms with Crippen LogP contribution in [0, 0.1) is 0 Å². The largest absolute Gasteiger partial charge is 0.463 e. The number of ether oxygens (including phenoxy) is 1. The van der Waals surface area contributed by atoms with Crippen molar-refractivity contribution in [2.75, 3.05) is 6.61 Å². The molecule has 0 spiro atoms. The molecule has 0 N–H and O–H groups in total. The minimum absolute atomic E-state index is 0.246. The summed E-state index contributed by atoms with van der Waals surface area (Å²) in [5.41, 5.74) is 1.02. The first-order valence-electron chi connectivity index (χ1n) is 9.23. The zero-order valence-corrected chi connectivity index (χ0v) is 14.6. The first kappa shape index (κ1) is 19.5. The molecule has 0 radical (unpaired) electrons. The third-order valence-corrected chi connectivity index (χ3v) is 3.95. The second kappa shape index (κ2) is 14.0. The van der Waals surface area contributed by atoms with Crippen LogP contribution in [0.15, 0.2) is 36.4 Å². The number of carbonyl (C=O) groups excluding carboxylic acids is 1. The van der Waals surface area contributed by atoms with Crippen molar-refractivity contribution in [1.29, 1.82) is 0 Å². The van der Waals surface area contributed by atoms with E-state index in [2.05, 4.69) is 6.92 Å². The van der Waals surface area contributed by atoms with Gasteiger partial charge in [0, 0.05) is 6.08 Å². The van der Waals surface area contributed by atoms with Gasteiger partial charge in [-0.3, -0.25) is 0 Å². The highest BCUT2D eigenvalue weighted by Gasteiger charge is 1.97. The van der Waals surface area contributed by atoms with Crippen molar-refractivity contribution in [3.63, 3.8) is 0 Å². The monoisotopic (exact) mass is 316 g/mol. The van der Waals surface area contributed by atoms with Crippen molar-refractivity contribution in [2.24, 2.45) is 0 Å². The van der Waals surface area contributed by atoms with Crippen LogP contribution in [0.4, 0.5) is 0 Å². The van der Waals surface area contributed by atoms with E-state index in [1.54, 1.807) is 6.08 Å². The number of unbranched alkanes of at least 4 members (excludes halogenated alkanes) is 9. The quantitative estimate of drug-likeness (QED) is 0.247. The van der Waals surface area contributed by atoms with Crippen LogP contribution in [0.3, 0.4) is 0 Å². The Morgan fingerprint density at radius 2 is 1.43 bits per heavy atom. The molecule has 2 heteroatoms. The van der Waals surface area contributed by atoms with Gasteiger partial charge in [0.2, 0.25) is 0 Å². The van der Waals surface area contributed by atoms with E-state index in [0.29, 0.717) is 6.61 Å². The van der Waals surface area contributed by atoms with Crippen LogP contribution in [-0.2, 0) is 9.53 Å². The maximum atomic E-state index is 11.6. The molecule has 0 aliphatic rings. The van der Waals surface area contributed by atoms with E-state index in [1.807, 2.05) is 30.3 Å². The molecule has 0 saturated heterocycles. The van der Waals surface area contributed by atoms with Gasteiger partial charge in [-0.15, -0.1) is 0 Å². The summed E-state index contributed by atoms with van der Waals surface area (Å²) >= 11 is 0. The molecule has 0 bridgehead atoms. The minimum Gasteiger partial charge on any atom is -0.463 e. The predicted molar refractivity (Wildman–Crippen MR) is 98.3 cm³/mol. The van der Waals surface area contributed by atoms with Crippen LogP contribution in [0.25, 0.3) is 6.08 Å². The predicted octanol–water partition coefficient (Wildman–Crippen LogP) is 6.16. The zero-order valence-electron chi connectivity index (χ0n) is 14.6. The molecule has 0 atom stereocenters. The summed E-state index contributed by atoms with van der Waals surface area (Å²) < 4.78 is 5.21. The Morgan fingerprint density at radius 1 is 0.870 bits per heavy atom. The number of hydrogen-bond acceptors (Lipinski definition) is 2. The average molecular weight is 316 g/mol. The standard InChI is InChI=1S/C21H32O2/c1-2-3-4-5-6-7-8-9-10-14-19-23-21(22)18-17-20-15-12-11-13-16-20/h11-13,15-18H,2-10,14,19H2,1H3/b18-17-. The van der Waals surface area contributed by atoms with E-state index in [9.17, 15) is 4.79 Å². The zero-order chi connectivity index (χ0) is 16.6. The average Bonchev–Trinajstić information content (AvgIpc) is 2.59. The fourth-order valence-corrected chi connectivity index (χ4v) is 2.54. The molecule has 0 aliphatic carbocycles. The van der Waals surface area contributed by atoms with Crippen molar-refractivity contribution < 1.29 is 9.53 Å². The first-order valence-corrected chi connectivity index (χ1v) is 9.23. The SMILES string of the molecule is CCCCCCCCCCCCOC(=O)/C=C\c1ccccc1. The van der Waals surface area contributed by atoms with Gasteiger partial charge in [-0.2, -0.15) is 0 Å². The highest BCUT2D eigenvalue weighted by atomic mass is 16.5. The molecule has 0 aliphatic heterocycles. The Kier molecular flexibility index (Phi) is 11.9. The van der Waals surface area contributed by atoms with Gasteiger partial charge >= 0.3 is 5.97 Å². The van der Waals surface area contributed by atoms with Crippen LogP contribution in [0.1, 0.15) is 76.7 Å². The Labute approximate surface area is 141 Å². The minimum atomic E-state index is -0.246. The highest BCUT2D eigenvalue weighted by Crippen LogP contribution is 2.10. The van der Waals surface area contributed by atoms with Crippen LogP contribution in [-0.4, -0.2) is 12.6 Å². The summed E-state index contributed by atoms with van der Waals surface area (Å²) in [6.45, 7) is 2.79. The molecular formula is C21H32O2. The molecule has 128 valence electrons. The lowest BCUT2D eigenvalue weighted by molar-refractivity contribution is -0.137. The summed E-state index contributed by atoms with van der Waals surface area (Å²) in [6.07, 6.45) is 16.2. The van der Waals surface area contributed by atoms with Crippen LogP contribution in [0.2, 0.25) is 0 Å². The van der Waals surface area contributed by atoms with Crippen molar-refractivity contribution in [3.8, 4) is 0 Å². The lowest BCUT2D eigenvalue weighted by Crippen LogP contribution is -2.02. The number of carbonyl (C=O) groups is 1. The van der Waals surface area contributed by atoms with Crippen molar-refractivity contribution in [2.45, 2.75) is 71.1 Å². The molecule has 1 aromatic rings. The summed E-state index contributed by atoms with van der Waals surface area (Å²) in [4.78, 5) is 11.6. The van der Waals surface area contributed by atoms with Gasteiger partial charge in [0.1, 0.15) is 0 Å². The molecular weight excluding hydrogens is 284 g/mol. The first-order chi connectivity index (χ1) is 11.3. The fraction of sp³-hybridized carbons (Fsp3) is 0.571. The maximum Gasteiger partial charge on any atom is 0.330 e. The molecule has 2 nitrogen and oxygen atoms in total. The van der Waals surface area contributed by atoms with E-state index >= 15 is 0 Å². The normalized spacial score (nSPS) is 11.0. The van der Waals surface area contributed by atoms with Gasteiger partial charge in [-0.25, -0.2) is 4.79 Å². The van der Waals surface area contributed by atoms with Crippen LogP contribution >= 0.6 is 0 Å². The van der Waals surface area contributed by atoms with E-state index in [0.717, 1.165) is 18.4 Å². The topological polar surface area (TPSA) is 26.3 Å². The van der Waals surface area contributed by atoms with Crippen molar-refractivity contribution in [3.05, 3.63) is 42.0 Å². The Bertz CT molecular complexity index is 423. The summed E-state index contributed by atoms with van der Waals surface area (Å²) in [7, 11) is 0. The molecule has 0 heterocycles. The van der Waals surface area contributed by atoms with Gasteiger partial charge in [0.15, 0.2) is 0 Å². The number of hydrogen-bond donors (Lipinski definition) is 0. The lowest BCUT2D eigenvalue weighted by atomic mass is 10.1. The molecule has 0 saturated carbocycles. The molecule has 0 unspecified atom stereocenters. The molecule has 1 rings (SSSR count). The second-order valence-corrected chi connectivity index (χ2v) is 6.09. The highest BCUT2D eigenvalue weighted by molar-refractivity contribution is 5.86. The van der Waals surface area contributed by atoms with E-state index < -0.39 is 0 Å². The third kappa shape index (κ3) is 11.6. The van der Waals surface area contributed by atoms with Crippen LogP contribution < -0.4 is 0 Å². The number of esters is 1. The third-order valence-electron chi connectivity index (χ3n) is 3.95. The number of rotatable bonds is 13. The van der Waals surface area contributed by atoms with E-state index in [1.165, 1.54) is 57.4 Å². The molecule has 0 amide bonds. The lowest BCUT2D eigenvalue weighted by Gasteiger charge is -2.03.